The highest BCUT2D eigenvalue weighted by atomic mass is 32.2. The van der Waals surface area contributed by atoms with Gasteiger partial charge in [0.25, 0.3) is 0 Å². The summed E-state index contributed by atoms with van der Waals surface area (Å²) in [6.45, 7) is 0.501. The summed E-state index contributed by atoms with van der Waals surface area (Å²) in [5, 5.41) is -7.90. The van der Waals surface area contributed by atoms with E-state index in [1.54, 1.807) is 0 Å². The predicted molar refractivity (Wildman–Crippen MR) is 71.0 cm³/mol. The Labute approximate surface area is 175 Å². The van der Waals surface area contributed by atoms with E-state index in [1.165, 1.54) is 0 Å². The van der Waals surface area contributed by atoms with E-state index in [4.69, 9.17) is 4.55 Å². The second kappa shape index (κ2) is 8.08. The highest BCUT2D eigenvalue weighted by Crippen LogP contribution is 2.65. The SMILES string of the molecule is CCCC(F)(F)C(F)(F)C(F)(F)C(F)(F)C(F)(F)C(F)(F)C(F)(F)C(F)(F)C(F)(F)S(=O)(=O)O. The second-order valence-corrected chi connectivity index (χ2v) is 7.93. The number of alkyl halides is 18. The molecule has 0 aliphatic rings. The molecule has 0 saturated heterocycles. The van der Waals surface area contributed by atoms with E-state index < -0.39 is 75.6 Å². The molecule has 0 rings (SSSR count). The van der Waals surface area contributed by atoms with E-state index in [0.717, 1.165) is 0 Å². The van der Waals surface area contributed by atoms with Gasteiger partial charge in [0.1, 0.15) is 0 Å². The third kappa shape index (κ3) is 3.85. The monoisotopic (exact) mass is 574 g/mol. The zero-order chi connectivity index (χ0) is 28.4. The van der Waals surface area contributed by atoms with E-state index in [-0.39, 0.29) is 0 Å². The first-order valence-electron chi connectivity index (χ1n) is 7.68. The van der Waals surface area contributed by atoms with Crippen LogP contribution in [0.5, 0.6) is 0 Å². The zero-order valence-electron chi connectivity index (χ0n) is 15.4. The predicted octanol–water partition coefficient (Wildman–Crippen LogP) is 6.35. The van der Waals surface area contributed by atoms with E-state index >= 15 is 0 Å². The molecule has 0 heterocycles. The van der Waals surface area contributed by atoms with Gasteiger partial charge in [-0.3, -0.25) is 4.55 Å². The average molecular weight is 574 g/mol. The van der Waals surface area contributed by atoms with Crippen LogP contribution in [-0.4, -0.2) is 65.6 Å². The first-order chi connectivity index (χ1) is 14.3. The summed E-state index contributed by atoms with van der Waals surface area (Å²) in [6.07, 6.45) is -3.81. The minimum Gasteiger partial charge on any atom is -0.281 e. The van der Waals surface area contributed by atoms with Crippen molar-refractivity contribution in [1.29, 1.82) is 0 Å². The first kappa shape index (κ1) is 32.7. The molecule has 0 aromatic rings. The largest absolute Gasteiger partial charge is 0.438 e. The highest BCUT2D eigenvalue weighted by molar-refractivity contribution is 7.87. The Morgan fingerprint density at radius 2 is 0.735 bits per heavy atom. The van der Waals surface area contributed by atoms with Gasteiger partial charge in [0.2, 0.25) is 0 Å². The minimum absolute atomic E-state index is 0.501. The van der Waals surface area contributed by atoms with Gasteiger partial charge in [0, 0.05) is 6.42 Å². The standard InChI is InChI=1S/C12H8F18O3S/c1-2-3-4(13,14)5(15,16)6(17,18)7(19,20)8(21,22)9(23,24)10(25,26)11(27,28)12(29,30)34(31,32)33/h2-3H2,1H3,(H,31,32,33). The lowest BCUT2D eigenvalue weighted by molar-refractivity contribution is -0.459. The molecule has 34 heavy (non-hydrogen) atoms. The van der Waals surface area contributed by atoms with Crippen molar-refractivity contribution in [2.45, 2.75) is 72.4 Å². The molecule has 0 aromatic heterocycles. The Morgan fingerprint density at radius 1 is 0.500 bits per heavy atom. The van der Waals surface area contributed by atoms with Crippen LogP contribution in [0.15, 0.2) is 0 Å². The molecule has 206 valence electrons. The summed E-state index contributed by atoms with van der Waals surface area (Å²) >= 11 is 0. The maximum Gasteiger partial charge on any atom is 0.438 e. The van der Waals surface area contributed by atoms with Gasteiger partial charge in [-0.15, -0.1) is 0 Å². The molecule has 22 heteroatoms. The molecule has 0 fully saturated rings. The van der Waals surface area contributed by atoms with Gasteiger partial charge in [0.15, 0.2) is 0 Å². The maximum atomic E-state index is 13.5. The van der Waals surface area contributed by atoms with Crippen LogP contribution in [0.4, 0.5) is 79.0 Å². The van der Waals surface area contributed by atoms with Crippen molar-refractivity contribution in [2.24, 2.45) is 0 Å². The molecule has 0 aromatic carbocycles. The number of hydrogen-bond acceptors (Lipinski definition) is 2. The van der Waals surface area contributed by atoms with Crippen LogP contribution in [0.2, 0.25) is 0 Å². The van der Waals surface area contributed by atoms with E-state index in [2.05, 4.69) is 0 Å². The summed E-state index contributed by atoms with van der Waals surface area (Å²) in [4.78, 5) is 0. The average Bonchev–Trinajstić information content (AvgIpc) is 2.59. The summed E-state index contributed by atoms with van der Waals surface area (Å²) in [5.41, 5.74) is 0. The third-order valence-corrected chi connectivity index (χ3v) is 4.98. The van der Waals surface area contributed by atoms with Crippen molar-refractivity contribution in [3.63, 3.8) is 0 Å². The molecule has 0 atom stereocenters. The van der Waals surface area contributed by atoms with Crippen molar-refractivity contribution in [3.8, 4) is 0 Å². The molecule has 0 aliphatic heterocycles. The highest BCUT2D eigenvalue weighted by Gasteiger charge is 2.97. The molecule has 0 aliphatic carbocycles. The summed E-state index contributed by atoms with van der Waals surface area (Å²) in [5.74, 6) is -66.9. The Hall–Kier alpha value is -1.35. The van der Waals surface area contributed by atoms with Gasteiger partial charge in [-0.25, -0.2) is 0 Å². The van der Waals surface area contributed by atoms with Crippen molar-refractivity contribution in [3.05, 3.63) is 0 Å². The summed E-state index contributed by atoms with van der Waals surface area (Å²) < 4.78 is 267. The topological polar surface area (TPSA) is 54.4 Å². The molecule has 0 bridgehead atoms. The summed E-state index contributed by atoms with van der Waals surface area (Å²) in [6, 6.07) is 0. The van der Waals surface area contributed by atoms with Crippen LogP contribution >= 0.6 is 0 Å². The normalized spacial score (nSPS) is 16.7. The molecule has 1 N–H and O–H groups in total. The van der Waals surface area contributed by atoms with E-state index in [1.807, 2.05) is 0 Å². The Morgan fingerprint density at radius 3 is 0.971 bits per heavy atom. The van der Waals surface area contributed by atoms with Crippen LogP contribution in [0.25, 0.3) is 0 Å². The van der Waals surface area contributed by atoms with Crippen LogP contribution < -0.4 is 0 Å². The molecule has 0 saturated carbocycles. The van der Waals surface area contributed by atoms with Crippen LogP contribution in [-0.2, 0) is 10.1 Å². The number of halogens is 18. The third-order valence-electron chi connectivity index (χ3n) is 4.08. The molecule has 0 amide bonds. The van der Waals surface area contributed by atoms with Gasteiger partial charge in [-0.2, -0.15) is 87.4 Å². The van der Waals surface area contributed by atoms with Crippen LogP contribution in [0.3, 0.4) is 0 Å². The molecule has 0 radical (unpaired) electrons. The van der Waals surface area contributed by atoms with Crippen molar-refractivity contribution in [2.75, 3.05) is 0 Å². The molecule has 3 nitrogen and oxygen atoms in total. The Bertz CT molecular complexity index is 861. The second-order valence-electron chi connectivity index (χ2n) is 6.47. The van der Waals surface area contributed by atoms with Crippen molar-refractivity contribution < 1.29 is 92.0 Å². The lowest BCUT2D eigenvalue weighted by Gasteiger charge is -2.44. The van der Waals surface area contributed by atoms with Gasteiger partial charge in [0.05, 0.1) is 0 Å². The zero-order valence-corrected chi connectivity index (χ0v) is 16.2. The fourth-order valence-electron chi connectivity index (χ4n) is 2.03. The fraction of sp³-hybridized carbons (Fsp3) is 1.00. The quantitative estimate of drug-likeness (QED) is 0.231. The minimum atomic E-state index is -9.00. The molecular weight excluding hydrogens is 566 g/mol. The van der Waals surface area contributed by atoms with Gasteiger partial charge in [-0.1, -0.05) is 13.3 Å². The van der Waals surface area contributed by atoms with E-state index in [0.29, 0.717) is 6.92 Å². The van der Waals surface area contributed by atoms with Gasteiger partial charge in [-0.05, 0) is 0 Å². The fourth-order valence-corrected chi connectivity index (χ4v) is 2.48. The maximum absolute atomic E-state index is 13.5. The van der Waals surface area contributed by atoms with Crippen molar-refractivity contribution >= 4 is 10.1 Å². The number of hydrogen-bond donors (Lipinski definition) is 1. The molecular formula is C12H8F18O3S. The molecule has 0 unspecified atom stereocenters. The Balaban J connectivity index is 7.07. The van der Waals surface area contributed by atoms with Crippen LogP contribution in [0, 0.1) is 0 Å². The number of rotatable bonds is 11. The Kier molecular flexibility index (Phi) is 7.76. The summed E-state index contributed by atoms with van der Waals surface area (Å²) in [7, 11) is -7.96. The van der Waals surface area contributed by atoms with Crippen LogP contribution in [0.1, 0.15) is 19.8 Å². The van der Waals surface area contributed by atoms with Gasteiger partial charge < -0.3 is 0 Å². The lowest BCUT2D eigenvalue weighted by atomic mass is 9.87. The lowest BCUT2D eigenvalue weighted by Crippen LogP contribution is -2.76. The van der Waals surface area contributed by atoms with E-state index in [9.17, 15) is 87.4 Å². The van der Waals surface area contributed by atoms with Crippen molar-refractivity contribution in [1.82, 2.24) is 0 Å². The smallest absolute Gasteiger partial charge is 0.281 e. The first-order valence-corrected chi connectivity index (χ1v) is 9.12. The molecule has 0 spiro atoms. The van der Waals surface area contributed by atoms with Gasteiger partial charge >= 0.3 is 62.8 Å².